The third kappa shape index (κ3) is 5.03. The van der Waals surface area contributed by atoms with E-state index in [9.17, 15) is 32.9 Å². The second-order valence-electron chi connectivity index (χ2n) is 5.43. The summed E-state index contributed by atoms with van der Waals surface area (Å²) in [6, 6.07) is 7.86. The zero-order valence-electron chi connectivity index (χ0n) is 13.9. The number of nitrogens with zero attached hydrogens (tertiary/aromatic N) is 1. The minimum Gasteiger partial charge on any atom is -0.452 e. The van der Waals surface area contributed by atoms with Gasteiger partial charge in [0.2, 0.25) is 0 Å². The molecule has 2 aromatic rings. The summed E-state index contributed by atoms with van der Waals surface area (Å²) in [7, 11) is 0. The monoisotopic (exact) mass is 382 g/mol. The summed E-state index contributed by atoms with van der Waals surface area (Å²) in [5.74, 6) is -1.90. The number of nitro benzene ring substituents is 1. The number of carbonyl (C=O) groups excluding carboxylic acids is 2. The van der Waals surface area contributed by atoms with E-state index in [0.717, 1.165) is 24.3 Å². The van der Waals surface area contributed by atoms with Crippen LogP contribution >= 0.6 is 0 Å². The van der Waals surface area contributed by atoms with Crippen molar-refractivity contribution in [2.24, 2.45) is 0 Å². The molecule has 1 amide bonds. The van der Waals surface area contributed by atoms with Gasteiger partial charge in [0.25, 0.3) is 11.6 Å². The van der Waals surface area contributed by atoms with Crippen LogP contribution in [0.15, 0.2) is 42.5 Å². The molecule has 0 bridgehead atoms. The van der Waals surface area contributed by atoms with Gasteiger partial charge in [-0.3, -0.25) is 14.9 Å². The molecular formula is C17H13F3N2O5. The van der Waals surface area contributed by atoms with Gasteiger partial charge in [-0.25, -0.2) is 4.79 Å². The molecule has 1 N–H and O–H groups in total. The second-order valence-corrected chi connectivity index (χ2v) is 5.43. The van der Waals surface area contributed by atoms with Crippen molar-refractivity contribution in [1.29, 1.82) is 0 Å². The number of nitro groups is 1. The first-order valence-electron chi connectivity index (χ1n) is 7.48. The lowest BCUT2D eigenvalue weighted by Crippen LogP contribution is -2.22. The van der Waals surface area contributed by atoms with Crippen LogP contribution in [0.4, 0.5) is 24.5 Å². The Balaban J connectivity index is 2.01. The number of amides is 1. The highest BCUT2D eigenvalue weighted by atomic mass is 19.4. The highest BCUT2D eigenvalue weighted by Gasteiger charge is 2.33. The molecule has 2 aromatic carbocycles. The number of esters is 1. The maximum Gasteiger partial charge on any atom is 0.418 e. The highest BCUT2D eigenvalue weighted by Crippen LogP contribution is 2.34. The molecule has 0 aliphatic carbocycles. The lowest BCUT2D eigenvalue weighted by atomic mass is 10.1. The van der Waals surface area contributed by atoms with Crippen molar-refractivity contribution in [2.45, 2.75) is 13.1 Å². The van der Waals surface area contributed by atoms with E-state index in [0.29, 0.717) is 0 Å². The zero-order valence-corrected chi connectivity index (χ0v) is 13.9. The van der Waals surface area contributed by atoms with Crippen molar-refractivity contribution in [1.82, 2.24) is 0 Å². The first-order valence-corrected chi connectivity index (χ1v) is 7.48. The number of halogens is 3. The first kappa shape index (κ1) is 19.9. The quantitative estimate of drug-likeness (QED) is 0.483. The number of rotatable bonds is 5. The standard InChI is InChI=1S/C17H13F3N2O5/c1-10-8-11(6-7-14(10)22(25)26)16(24)27-9-15(23)21-13-5-3-2-4-12(13)17(18,19)20/h2-8H,9H2,1H3,(H,21,23). The van der Waals surface area contributed by atoms with Gasteiger partial charge in [0.05, 0.1) is 21.7 Å². The van der Waals surface area contributed by atoms with E-state index in [2.05, 4.69) is 0 Å². The Morgan fingerprint density at radius 1 is 1.19 bits per heavy atom. The molecule has 0 aliphatic rings. The van der Waals surface area contributed by atoms with Crippen molar-refractivity contribution in [3.05, 3.63) is 69.3 Å². The van der Waals surface area contributed by atoms with Gasteiger partial charge >= 0.3 is 12.1 Å². The predicted molar refractivity (Wildman–Crippen MR) is 88.2 cm³/mol. The van der Waals surface area contributed by atoms with Crippen molar-refractivity contribution < 1.29 is 32.4 Å². The number of carbonyl (C=O) groups is 2. The fraction of sp³-hybridized carbons (Fsp3) is 0.176. The predicted octanol–water partition coefficient (Wildman–Crippen LogP) is 3.72. The number of hydrogen-bond donors (Lipinski definition) is 1. The number of aryl methyl sites for hydroxylation is 1. The minimum atomic E-state index is -4.66. The molecule has 0 saturated carbocycles. The molecule has 0 radical (unpaired) electrons. The van der Waals surface area contributed by atoms with Crippen molar-refractivity contribution in [2.75, 3.05) is 11.9 Å². The van der Waals surface area contributed by atoms with E-state index in [1.165, 1.54) is 25.1 Å². The molecule has 0 fully saturated rings. The molecule has 0 saturated heterocycles. The average Bonchev–Trinajstić information content (AvgIpc) is 2.58. The molecule has 27 heavy (non-hydrogen) atoms. The van der Waals surface area contributed by atoms with E-state index >= 15 is 0 Å². The van der Waals surface area contributed by atoms with E-state index in [4.69, 9.17) is 4.74 Å². The van der Waals surface area contributed by atoms with Crippen LogP contribution in [0.3, 0.4) is 0 Å². The number of alkyl halides is 3. The minimum absolute atomic E-state index is 0.0263. The third-order valence-corrected chi connectivity index (χ3v) is 3.47. The topological polar surface area (TPSA) is 98.5 Å². The zero-order chi connectivity index (χ0) is 20.2. The van der Waals surface area contributed by atoms with Gasteiger partial charge in [0.15, 0.2) is 6.61 Å². The van der Waals surface area contributed by atoms with Crippen LogP contribution in [0.5, 0.6) is 0 Å². The van der Waals surface area contributed by atoms with Gasteiger partial charge < -0.3 is 10.1 Å². The Morgan fingerprint density at radius 2 is 1.85 bits per heavy atom. The van der Waals surface area contributed by atoms with Crippen LogP contribution < -0.4 is 5.32 Å². The molecule has 10 heteroatoms. The fourth-order valence-electron chi connectivity index (χ4n) is 2.23. The van der Waals surface area contributed by atoms with Gasteiger partial charge in [0, 0.05) is 11.6 Å². The number of nitrogens with one attached hydrogen (secondary N) is 1. The molecule has 0 unspecified atom stereocenters. The number of hydrogen-bond acceptors (Lipinski definition) is 5. The van der Waals surface area contributed by atoms with Crippen molar-refractivity contribution in [3.63, 3.8) is 0 Å². The number of benzene rings is 2. The first-order chi connectivity index (χ1) is 12.6. The third-order valence-electron chi connectivity index (χ3n) is 3.47. The van der Waals surface area contributed by atoms with Gasteiger partial charge in [-0.1, -0.05) is 12.1 Å². The van der Waals surface area contributed by atoms with Crippen LogP contribution in [0.25, 0.3) is 0 Å². The van der Waals surface area contributed by atoms with Crippen LogP contribution in [-0.2, 0) is 15.7 Å². The molecule has 0 aliphatic heterocycles. The molecule has 7 nitrogen and oxygen atoms in total. The molecule has 0 aromatic heterocycles. The van der Waals surface area contributed by atoms with E-state index in [1.54, 1.807) is 0 Å². The Labute approximate surface area is 150 Å². The average molecular weight is 382 g/mol. The Morgan fingerprint density at radius 3 is 2.44 bits per heavy atom. The summed E-state index contributed by atoms with van der Waals surface area (Å²) >= 11 is 0. The summed E-state index contributed by atoms with van der Waals surface area (Å²) in [5.41, 5.74) is -1.49. The van der Waals surface area contributed by atoms with Gasteiger partial charge in [0.1, 0.15) is 0 Å². The maximum absolute atomic E-state index is 12.9. The molecular weight excluding hydrogens is 369 g/mol. The fourth-order valence-corrected chi connectivity index (χ4v) is 2.23. The lowest BCUT2D eigenvalue weighted by molar-refractivity contribution is -0.385. The van der Waals surface area contributed by atoms with Gasteiger partial charge in [-0.05, 0) is 31.2 Å². The van der Waals surface area contributed by atoms with E-state index < -0.39 is 40.8 Å². The lowest BCUT2D eigenvalue weighted by Gasteiger charge is -2.13. The van der Waals surface area contributed by atoms with Crippen molar-refractivity contribution in [3.8, 4) is 0 Å². The smallest absolute Gasteiger partial charge is 0.418 e. The number of ether oxygens (including phenoxy) is 1. The molecule has 0 spiro atoms. The number of anilines is 1. The summed E-state index contributed by atoms with van der Waals surface area (Å²) in [6.45, 7) is 0.608. The molecule has 0 atom stereocenters. The normalized spacial score (nSPS) is 11.0. The highest BCUT2D eigenvalue weighted by molar-refractivity contribution is 5.96. The van der Waals surface area contributed by atoms with E-state index in [1.807, 2.05) is 5.32 Å². The van der Waals surface area contributed by atoms with Gasteiger partial charge in [-0.2, -0.15) is 13.2 Å². The number of para-hydroxylation sites is 1. The van der Waals surface area contributed by atoms with E-state index in [-0.39, 0.29) is 16.8 Å². The Bertz CT molecular complexity index is 896. The molecule has 142 valence electrons. The Kier molecular flexibility index (Phi) is 5.78. The maximum atomic E-state index is 12.9. The summed E-state index contributed by atoms with van der Waals surface area (Å²) < 4.78 is 43.4. The molecule has 2 rings (SSSR count). The molecule has 0 heterocycles. The summed E-state index contributed by atoms with van der Waals surface area (Å²) in [5, 5.41) is 12.8. The largest absolute Gasteiger partial charge is 0.452 e. The summed E-state index contributed by atoms with van der Waals surface area (Å²) in [4.78, 5) is 33.8. The van der Waals surface area contributed by atoms with Crippen molar-refractivity contribution >= 4 is 23.3 Å². The second kappa shape index (κ2) is 7.85. The summed E-state index contributed by atoms with van der Waals surface area (Å²) in [6.07, 6.45) is -4.66. The Hall–Kier alpha value is -3.43. The van der Waals surface area contributed by atoms with Crippen LogP contribution in [0, 0.1) is 17.0 Å². The van der Waals surface area contributed by atoms with Crippen LogP contribution in [0.1, 0.15) is 21.5 Å². The SMILES string of the molecule is Cc1cc(C(=O)OCC(=O)Nc2ccccc2C(F)(F)F)ccc1[N+](=O)[O-]. The van der Waals surface area contributed by atoms with Crippen LogP contribution in [0.2, 0.25) is 0 Å². The van der Waals surface area contributed by atoms with Gasteiger partial charge in [-0.15, -0.1) is 0 Å². The van der Waals surface area contributed by atoms with Crippen LogP contribution in [-0.4, -0.2) is 23.4 Å².